The number of nitrogens with zero attached hydrogens (tertiary/aromatic N) is 5. The number of carbonyl (C=O) groups is 2. The summed E-state index contributed by atoms with van der Waals surface area (Å²) in [5, 5.41) is 22.4. The predicted octanol–water partition coefficient (Wildman–Crippen LogP) is 3.61. The number of hydrogen-bond donors (Lipinski definition) is 2. The Morgan fingerprint density at radius 1 is 1.08 bits per heavy atom. The summed E-state index contributed by atoms with van der Waals surface area (Å²) in [5.41, 5.74) is 3.01. The van der Waals surface area contributed by atoms with Crippen LogP contribution in [0, 0.1) is 5.92 Å². The van der Waals surface area contributed by atoms with Crippen molar-refractivity contribution in [2.45, 2.75) is 63.2 Å². The van der Waals surface area contributed by atoms with Crippen LogP contribution in [0.2, 0.25) is 18.6 Å². The quantitative estimate of drug-likeness (QED) is 0.229. The maximum atomic E-state index is 15.2. The van der Waals surface area contributed by atoms with Crippen molar-refractivity contribution in [2.75, 3.05) is 43.2 Å². The summed E-state index contributed by atoms with van der Waals surface area (Å²) in [4.78, 5) is 32.0. The molecule has 50 heavy (non-hydrogen) atoms. The Kier molecular flexibility index (Phi) is 9.37. The second-order valence-electron chi connectivity index (χ2n) is 14.2. The largest absolute Gasteiger partial charge is 0.497 e. The van der Waals surface area contributed by atoms with Gasteiger partial charge in [0, 0.05) is 56.0 Å². The van der Waals surface area contributed by atoms with Gasteiger partial charge in [0.15, 0.2) is 5.60 Å². The standard InChI is InChI=1S/C38H46N6O5Si/c1-26-36(50(3,4)31-13-11-30(48-2)12-14-31)34(16-19-42-25-28(17-21-45)40-41-42)49-38(26)32-22-29(43-20-18-39-23-35(43)46)10-15-33(32)44(37(38)47)24-27-8-6-5-7-9-27/h5-15,22,25-26,34,36,39,45H,16-21,23-24H2,1-4H3/t26-,34+,36-,38+/m1/s1. The SMILES string of the molecule is COc1ccc([Si](C)(C)[C@H]2[C@H](CCn3cc(CCO)nn3)O[C@@]3(C(=O)N(Cc4ccccc4)c4ccc(N5CCNCC5=O)cc43)[C@@H]2C)cc1. The number of nitrogens with one attached hydrogen (secondary N) is 1. The van der Waals surface area contributed by atoms with Gasteiger partial charge in [-0.05, 0) is 47.9 Å². The van der Waals surface area contributed by atoms with Crippen molar-refractivity contribution in [3.8, 4) is 5.75 Å². The lowest BCUT2D eigenvalue weighted by molar-refractivity contribution is -0.146. The van der Waals surface area contributed by atoms with Crippen LogP contribution in [-0.4, -0.2) is 79.4 Å². The van der Waals surface area contributed by atoms with Gasteiger partial charge >= 0.3 is 0 Å². The lowest BCUT2D eigenvalue weighted by Gasteiger charge is -2.37. The molecule has 2 N–H and O–H groups in total. The van der Waals surface area contributed by atoms with E-state index in [1.165, 1.54) is 5.19 Å². The topological polar surface area (TPSA) is 122 Å². The molecule has 4 aromatic rings. The molecule has 11 nitrogen and oxygen atoms in total. The number of rotatable bonds is 11. The lowest BCUT2D eigenvalue weighted by atomic mass is 9.82. The van der Waals surface area contributed by atoms with Gasteiger partial charge in [-0.3, -0.25) is 14.3 Å². The maximum absolute atomic E-state index is 15.2. The summed E-state index contributed by atoms with van der Waals surface area (Å²) in [6.07, 6.45) is 2.68. The summed E-state index contributed by atoms with van der Waals surface area (Å²) in [6.45, 7) is 9.45. The van der Waals surface area contributed by atoms with Crippen LogP contribution in [0.1, 0.15) is 30.2 Å². The van der Waals surface area contributed by atoms with Gasteiger partial charge < -0.3 is 29.7 Å². The Labute approximate surface area is 294 Å². The van der Waals surface area contributed by atoms with E-state index in [-0.39, 0.29) is 42.5 Å². The average Bonchev–Trinajstić information content (AvgIpc) is 3.78. The van der Waals surface area contributed by atoms with E-state index < -0.39 is 13.7 Å². The fourth-order valence-electron chi connectivity index (χ4n) is 8.48. The number of benzene rings is 3. The first kappa shape index (κ1) is 34.1. The average molecular weight is 695 g/mol. The summed E-state index contributed by atoms with van der Waals surface area (Å²) in [7, 11) is -0.680. The number of aliphatic hydroxyl groups excluding tert-OH is 1. The van der Waals surface area contributed by atoms with E-state index in [0.29, 0.717) is 39.0 Å². The fraction of sp³-hybridized carbons (Fsp3) is 0.421. The molecule has 2 fully saturated rings. The van der Waals surface area contributed by atoms with Gasteiger partial charge in [-0.1, -0.05) is 72.9 Å². The third kappa shape index (κ3) is 5.93. The molecule has 4 atom stereocenters. The molecule has 2 amide bonds. The molecule has 2 saturated heterocycles. The first-order chi connectivity index (χ1) is 24.2. The molecule has 1 spiro atoms. The molecule has 0 bridgehead atoms. The highest BCUT2D eigenvalue weighted by Gasteiger charge is 2.66. The van der Waals surface area contributed by atoms with Crippen LogP contribution in [0.4, 0.5) is 11.4 Å². The Bertz CT molecular complexity index is 1850. The predicted molar refractivity (Wildman–Crippen MR) is 194 cm³/mol. The number of hydrogen-bond acceptors (Lipinski definition) is 8. The van der Waals surface area contributed by atoms with Crippen LogP contribution in [0.5, 0.6) is 5.75 Å². The van der Waals surface area contributed by atoms with E-state index in [1.54, 1.807) is 7.11 Å². The summed E-state index contributed by atoms with van der Waals surface area (Å²) in [5.74, 6) is 0.565. The molecular weight excluding hydrogens is 649 g/mol. The Morgan fingerprint density at radius 3 is 2.58 bits per heavy atom. The van der Waals surface area contributed by atoms with Crippen molar-refractivity contribution in [1.82, 2.24) is 20.3 Å². The third-order valence-corrected chi connectivity index (χ3v) is 15.4. The van der Waals surface area contributed by atoms with E-state index in [9.17, 15) is 9.90 Å². The number of piperazine rings is 1. The second-order valence-corrected chi connectivity index (χ2v) is 18.9. The summed E-state index contributed by atoms with van der Waals surface area (Å²) in [6, 6.07) is 24.4. The zero-order valence-electron chi connectivity index (χ0n) is 29.2. The minimum absolute atomic E-state index is 0.00769. The number of aryl methyl sites for hydroxylation is 1. The number of ether oxygens (including phenoxy) is 2. The Hall–Kier alpha value is -4.36. The molecule has 3 aromatic carbocycles. The second kappa shape index (κ2) is 13.7. The van der Waals surface area contributed by atoms with E-state index in [0.717, 1.165) is 33.9 Å². The molecule has 12 heteroatoms. The molecule has 262 valence electrons. The van der Waals surface area contributed by atoms with Gasteiger partial charge in [0.05, 0.1) is 45.8 Å². The van der Waals surface area contributed by atoms with Gasteiger partial charge in [-0.25, -0.2) is 0 Å². The maximum Gasteiger partial charge on any atom is 0.264 e. The highest BCUT2D eigenvalue weighted by molar-refractivity contribution is 6.91. The minimum atomic E-state index is -2.35. The number of aromatic nitrogens is 3. The van der Waals surface area contributed by atoms with E-state index in [2.05, 4.69) is 47.8 Å². The van der Waals surface area contributed by atoms with Crippen molar-refractivity contribution in [2.24, 2.45) is 5.92 Å². The van der Waals surface area contributed by atoms with Gasteiger partial charge in [-0.15, -0.1) is 5.10 Å². The number of anilines is 2. The summed E-state index contributed by atoms with van der Waals surface area (Å²) < 4.78 is 14.6. The monoisotopic (exact) mass is 694 g/mol. The van der Waals surface area contributed by atoms with Gasteiger partial charge in [0.25, 0.3) is 5.91 Å². The third-order valence-electron chi connectivity index (χ3n) is 11.0. The van der Waals surface area contributed by atoms with Crippen molar-refractivity contribution in [3.05, 3.63) is 95.8 Å². The molecule has 1 aromatic heterocycles. The molecule has 0 aliphatic carbocycles. The van der Waals surface area contributed by atoms with E-state index >= 15 is 4.79 Å². The lowest BCUT2D eigenvalue weighted by Crippen LogP contribution is -2.52. The Morgan fingerprint density at radius 2 is 1.86 bits per heavy atom. The number of amides is 2. The molecule has 4 heterocycles. The van der Waals surface area contributed by atoms with Crippen LogP contribution in [-0.2, 0) is 39.4 Å². The zero-order valence-corrected chi connectivity index (χ0v) is 30.2. The molecule has 0 saturated carbocycles. The van der Waals surface area contributed by atoms with E-state index in [4.69, 9.17) is 9.47 Å². The molecule has 0 radical (unpaired) electrons. The van der Waals surface area contributed by atoms with Gasteiger partial charge in [-0.2, -0.15) is 0 Å². The van der Waals surface area contributed by atoms with Gasteiger partial charge in [0.1, 0.15) is 5.75 Å². The van der Waals surface area contributed by atoms with E-state index in [1.807, 2.05) is 81.3 Å². The molecular formula is C38H46N6O5Si. The van der Waals surface area contributed by atoms with Crippen molar-refractivity contribution < 1.29 is 24.2 Å². The zero-order chi connectivity index (χ0) is 35.0. The number of carbonyl (C=O) groups excluding carboxylic acids is 2. The van der Waals surface area contributed by atoms with Gasteiger partial charge in [0.2, 0.25) is 5.91 Å². The highest BCUT2D eigenvalue weighted by Crippen LogP contribution is 2.60. The van der Waals surface area contributed by atoms with Crippen LogP contribution in [0.3, 0.4) is 0 Å². The number of methoxy groups -OCH3 is 1. The minimum Gasteiger partial charge on any atom is -0.497 e. The molecule has 3 aliphatic rings. The normalized spacial score (nSPS) is 23.6. The van der Waals surface area contributed by atoms with Crippen LogP contribution in [0.15, 0.2) is 79.0 Å². The van der Waals surface area contributed by atoms with Crippen molar-refractivity contribution >= 4 is 36.4 Å². The van der Waals surface area contributed by atoms with Crippen LogP contribution < -0.4 is 25.0 Å². The first-order valence-electron chi connectivity index (χ1n) is 17.5. The van der Waals surface area contributed by atoms with Crippen LogP contribution in [0.25, 0.3) is 0 Å². The van der Waals surface area contributed by atoms with Crippen molar-refractivity contribution in [3.63, 3.8) is 0 Å². The van der Waals surface area contributed by atoms with Crippen LogP contribution >= 0.6 is 0 Å². The fourth-order valence-corrected chi connectivity index (χ4v) is 12.5. The molecule has 7 rings (SSSR count). The smallest absolute Gasteiger partial charge is 0.264 e. The Balaban J connectivity index is 1.33. The molecule has 3 aliphatic heterocycles. The van der Waals surface area contributed by atoms with Crippen molar-refractivity contribution in [1.29, 1.82) is 0 Å². The number of fused-ring (bicyclic) bond motifs is 2. The highest BCUT2D eigenvalue weighted by atomic mass is 28.3. The first-order valence-corrected chi connectivity index (χ1v) is 20.6. The summed E-state index contributed by atoms with van der Waals surface area (Å²) >= 11 is 0. The molecule has 0 unspecified atom stereocenters. The number of aliphatic hydroxyl groups is 1.